The van der Waals surface area contributed by atoms with Gasteiger partial charge in [0.25, 0.3) is 0 Å². The van der Waals surface area contributed by atoms with Gasteiger partial charge in [-0.2, -0.15) is 0 Å². The Balaban J connectivity index is 4.48. The summed E-state index contributed by atoms with van der Waals surface area (Å²) in [4.78, 5) is 36.0. The van der Waals surface area contributed by atoms with E-state index in [1.54, 1.807) is 11.8 Å². The molecule has 6 heteroatoms. The molecule has 0 radical (unpaired) electrons. The summed E-state index contributed by atoms with van der Waals surface area (Å²) in [6, 6.07) is 0. The second-order valence-electron chi connectivity index (χ2n) is 4.85. The Bertz CT molecular complexity index is 331. The number of carbonyl (C=O) groups is 3. The van der Waals surface area contributed by atoms with E-state index in [0.29, 0.717) is 26.1 Å². The largest absolute Gasteiger partial charge is 0.469 e. The number of amides is 2. The molecule has 0 rings (SSSR count). The number of ether oxygens (including phenoxy) is 1. The second kappa shape index (κ2) is 10.2. The molecule has 0 aliphatic heterocycles. The van der Waals surface area contributed by atoms with E-state index in [0.717, 1.165) is 12.8 Å². The number of rotatable bonds is 9. The maximum absolute atomic E-state index is 12.1. The van der Waals surface area contributed by atoms with Crippen molar-refractivity contribution in [2.75, 3.05) is 26.7 Å². The van der Waals surface area contributed by atoms with Crippen LogP contribution in [0.3, 0.4) is 0 Å². The number of carbonyl (C=O) groups excluding carboxylic acids is 3. The third-order valence-electron chi connectivity index (χ3n) is 2.95. The van der Waals surface area contributed by atoms with Crippen molar-refractivity contribution in [1.29, 1.82) is 0 Å². The molecule has 0 aromatic rings. The SMILES string of the molecule is CCCCC(=O)N(CCNC(C)=O)CC(C)C(=O)OC. The number of hydrogen-bond acceptors (Lipinski definition) is 4. The third kappa shape index (κ3) is 7.76. The van der Waals surface area contributed by atoms with Crippen LogP contribution in [0, 0.1) is 5.92 Å². The maximum Gasteiger partial charge on any atom is 0.310 e. The van der Waals surface area contributed by atoms with Gasteiger partial charge < -0.3 is 15.0 Å². The Morgan fingerprint density at radius 1 is 1.30 bits per heavy atom. The van der Waals surface area contributed by atoms with E-state index in [4.69, 9.17) is 0 Å². The molecule has 0 aromatic carbocycles. The normalized spacial score (nSPS) is 11.6. The predicted octanol–water partition coefficient (Wildman–Crippen LogP) is 0.950. The molecule has 0 aliphatic carbocycles. The lowest BCUT2D eigenvalue weighted by molar-refractivity contribution is -0.146. The number of hydrogen-bond donors (Lipinski definition) is 1. The average Bonchev–Trinajstić information content (AvgIpc) is 2.42. The Morgan fingerprint density at radius 2 is 1.95 bits per heavy atom. The summed E-state index contributed by atoms with van der Waals surface area (Å²) < 4.78 is 4.67. The Morgan fingerprint density at radius 3 is 2.45 bits per heavy atom. The van der Waals surface area contributed by atoms with Gasteiger partial charge in [-0.15, -0.1) is 0 Å². The zero-order valence-electron chi connectivity index (χ0n) is 12.9. The van der Waals surface area contributed by atoms with Crippen molar-refractivity contribution >= 4 is 17.8 Å². The standard InChI is InChI=1S/C14H26N2O4/c1-5-6-7-13(18)16(9-8-15-12(3)17)10-11(2)14(19)20-4/h11H,5-10H2,1-4H3,(H,15,17). The molecule has 1 unspecified atom stereocenters. The molecular formula is C14H26N2O4. The van der Waals surface area contributed by atoms with Crippen molar-refractivity contribution in [3.05, 3.63) is 0 Å². The van der Waals surface area contributed by atoms with E-state index >= 15 is 0 Å². The molecule has 0 saturated carbocycles. The van der Waals surface area contributed by atoms with E-state index in [1.807, 2.05) is 6.92 Å². The maximum atomic E-state index is 12.1. The third-order valence-corrected chi connectivity index (χ3v) is 2.95. The molecule has 0 spiro atoms. The van der Waals surface area contributed by atoms with Crippen LogP contribution in [0.15, 0.2) is 0 Å². The molecule has 116 valence electrons. The highest BCUT2D eigenvalue weighted by atomic mass is 16.5. The van der Waals surface area contributed by atoms with E-state index < -0.39 is 0 Å². The fourth-order valence-electron chi connectivity index (χ4n) is 1.78. The highest BCUT2D eigenvalue weighted by Gasteiger charge is 2.20. The fraction of sp³-hybridized carbons (Fsp3) is 0.786. The van der Waals surface area contributed by atoms with Crippen molar-refractivity contribution in [3.8, 4) is 0 Å². The number of esters is 1. The lowest BCUT2D eigenvalue weighted by atomic mass is 10.1. The van der Waals surface area contributed by atoms with Crippen LogP contribution in [0.1, 0.15) is 40.0 Å². The molecule has 0 aliphatic rings. The molecule has 0 fully saturated rings. The molecule has 1 N–H and O–H groups in total. The van der Waals surface area contributed by atoms with Crippen molar-refractivity contribution in [2.45, 2.75) is 40.0 Å². The Hall–Kier alpha value is -1.59. The lowest BCUT2D eigenvalue weighted by Crippen LogP contribution is -2.41. The van der Waals surface area contributed by atoms with Crippen LogP contribution >= 0.6 is 0 Å². The van der Waals surface area contributed by atoms with Gasteiger partial charge in [0.15, 0.2) is 0 Å². The minimum atomic E-state index is -0.372. The lowest BCUT2D eigenvalue weighted by Gasteiger charge is -2.25. The molecule has 2 amide bonds. The van der Waals surface area contributed by atoms with Crippen LogP contribution in [0.2, 0.25) is 0 Å². The van der Waals surface area contributed by atoms with Gasteiger partial charge in [0, 0.05) is 33.0 Å². The van der Waals surface area contributed by atoms with Crippen molar-refractivity contribution in [2.24, 2.45) is 5.92 Å². The van der Waals surface area contributed by atoms with Crippen LogP contribution in [-0.4, -0.2) is 49.4 Å². The summed E-state index contributed by atoms with van der Waals surface area (Å²) in [7, 11) is 1.33. The van der Waals surface area contributed by atoms with Crippen LogP contribution in [0.25, 0.3) is 0 Å². The van der Waals surface area contributed by atoms with Crippen LogP contribution < -0.4 is 5.32 Å². The summed E-state index contributed by atoms with van der Waals surface area (Å²) >= 11 is 0. The summed E-state index contributed by atoms with van der Waals surface area (Å²) in [5.41, 5.74) is 0. The molecular weight excluding hydrogens is 260 g/mol. The quantitative estimate of drug-likeness (QED) is 0.640. The van der Waals surface area contributed by atoms with Crippen molar-refractivity contribution in [3.63, 3.8) is 0 Å². The molecule has 0 saturated heterocycles. The van der Waals surface area contributed by atoms with E-state index in [2.05, 4.69) is 10.1 Å². The predicted molar refractivity (Wildman–Crippen MR) is 76.0 cm³/mol. The number of unbranched alkanes of at least 4 members (excludes halogenated alkanes) is 1. The molecule has 1 atom stereocenters. The first-order valence-electron chi connectivity index (χ1n) is 7.02. The summed E-state index contributed by atoms with van der Waals surface area (Å²) in [5, 5.41) is 2.65. The summed E-state index contributed by atoms with van der Waals surface area (Å²) in [6.07, 6.45) is 2.23. The highest BCUT2D eigenvalue weighted by molar-refractivity contribution is 5.78. The van der Waals surface area contributed by atoms with Crippen LogP contribution in [0.4, 0.5) is 0 Å². The first-order valence-corrected chi connectivity index (χ1v) is 7.02. The number of nitrogens with zero attached hydrogens (tertiary/aromatic N) is 1. The van der Waals surface area contributed by atoms with Gasteiger partial charge in [-0.25, -0.2) is 0 Å². The first kappa shape index (κ1) is 18.4. The van der Waals surface area contributed by atoms with E-state index in [9.17, 15) is 14.4 Å². The number of nitrogens with one attached hydrogen (secondary N) is 1. The van der Waals surface area contributed by atoms with Crippen LogP contribution in [-0.2, 0) is 19.1 Å². The minimum Gasteiger partial charge on any atom is -0.469 e. The molecule has 0 heterocycles. The summed E-state index contributed by atoms with van der Waals surface area (Å²) in [5.74, 6) is -0.833. The average molecular weight is 286 g/mol. The van der Waals surface area contributed by atoms with Gasteiger partial charge >= 0.3 is 5.97 Å². The van der Waals surface area contributed by atoms with Gasteiger partial charge in [-0.1, -0.05) is 20.3 Å². The summed E-state index contributed by atoms with van der Waals surface area (Å²) in [6.45, 7) is 6.29. The van der Waals surface area contributed by atoms with Gasteiger partial charge in [0.2, 0.25) is 11.8 Å². The van der Waals surface area contributed by atoms with Gasteiger partial charge in [0.05, 0.1) is 13.0 Å². The zero-order chi connectivity index (χ0) is 15.5. The van der Waals surface area contributed by atoms with Gasteiger partial charge in [-0.05, 0) is 6.42 Å². The highest BCUT2D eigenvalue weighted by Crippen LogP contribution is 2.06. The van der Waals surface area contributed by atoms with Gasteiger partial charge in [0.1, 0.15) is 0 Å². The molecule has 20 heavy (non-hydrogen) atoms. The Kier molecular flexibility index (Phi) is 9.41. The minimum absolute atomic E-state index is 0.00737. The second-order valence-corrected chi connectivity index (χ2v) is 4.85. The van der Waals surface area contributed by atoms with Crippen molar-refractivity contribution in [1.82, 2.24) is 10.2 Å². The topological polar surface area (TPSA) is 75.7 Å². The van der Waals surface area contributed by atoms with Crippen molar-refractivity contribution < 1.29 is 19.1 Å². The zero-order valence-corrected chi connectivity index (χ0v) is 12.9. The van der Waals surface area contributed by atoms with E-state index in [-0.39, 0.29) is 23.7 Å². The van der Waals surface area contributed by atoms with E-state index in [1.165, 1.54) is 14.0 Å². The smallest absolute Gasteiger partial charge is 0.310 e. The van der Waals surface area contributed by atoms with Gasteiger partial charge in [-0.3, -0.25) is 14.4 Å². The first-order chi connectivity index (χ1) is 9.42. The molecule has 0 bridgehead atoms. The fourth-order valence-corrected chi connectivity index (χ4v) is 1.78. The number of methoxy groups -OCH3 is 1. The molecule has 0 aromatic heterocycles. The Labute approximate surface area is 120 Å². The molecule has 6 nitrogen and oxygen atoms in total. The monoisotopic (exact) mass is 286 g/mol. The van der Waals surface area contributed by atoms with Crippen LogP contribution in [0.5, 0.6) is 0 Å².